The van der Waals surface area contributed by atoms with Crippen LogP contribution in [0.15, 0.2) is 0 Å². The van der Waals surface area contributed by atoms with Gasteiger partial charge >= 0.3 is 17.9 Å². The van der Waals surface area contributed by atoms with Crippen LogP contribution in [0, 0.1) is 0 Å². The third kappa shape index (κ3) is 8.28. The SMILES string of the molecule is CC(=O)O.CC(=O)OC1CC(C(CBr)OC(C)=O)OC1=O. The lowest BCUT2D eigenvalue weighted by Crippen LogP contribution is -2.32. The van der Waals surface area contributed by atoms with Crippen LogP contribution in [0.5, 0.6) is 0 Å². The van der Waals surface area contributed by atoms with Crippen molar-refractivity contribution in [3.05, 3.63) is 0 Å². The van der Waals surface area contributed by atoms with Crippen LogP contribution in [0.3, 0.4) is 0 Å². The van der Waals surface area contributed by atoms with E-state index in [1.807, 2.05) is 0 Å². The largest absolute Gasteiger partial charge is 0.481 e. The molecule has 0 aromatic rings. The number of carboxylic acids is 1. The van der Waals surface area contributed by atoms with Crippen LogP contribution in [0.4, 0.5) is 0 Å². The monoisotopic (exact) mass is 368 g/mol. The van der Waals surface area contributed by atoms with E-state index in [-0.39, 0.29) is 6.42 Å². The number of carbonyl (C=O) groups is 4. The number of carboxylic acid groups (broad SMARTS) is 1. The van der Waals surface area contributed by atoms with Crippen molar-refractivity contribution < 1.29 is 38.5 Å². The van der Waals surface area contributed by atoms with Gasteiger partial charge in [-0.25, -0.2) is 4.79 Å². The number of cyclic esters (lactones) is 1. The van der Waals surface area contributed by atoms with Gasteiger partial charge in [-0.1, -0.05) is 15.9 Å². The van der Waals surface area contributed by atoms with Crippen molar-refractivity contribution in [3.63, 3.8) is 0 Å². The molecule has 8 nitrogen and oxygen atoms in total. The Balaban J connectivity index is 0.000000885. The summed E-state index contributed by atoms with van der Waals surface area (Å²) in [5, 5.41) is 7.76. The molecule has 0 radical (unpaired) electrons. The number of alkyl halides is 1. The molecule has 21 heavy (non-hydrogen) atoms. The van der Waals surface area contributed by atoms with Crippen LogP contribution in [-0.2, 0) is 33.4 Å². The van der Waals surface area contributed by atoms with Gasteiger partial charge in [-0.2, -0.15) is 0 Å². The van der Waals surface area contributed by atoms with Gasteiger partial charge in [-0.15, -0.1) is 0 Å². The number of aliphatic carboxylic acids is 1. The van der Waals surface area contributed by atoms with Gasteiger partial charge in [-0.3, -0.25) is 14.4 Å². The highest BCUT2D eigenvalue weighted by atomic mass is 79.9. The molecule has 9 heteroatoms. The minimum Gasteiger partial charge on any atom is -0.481 e. The third-order valence-corrected chi connectivity index (χ3v) is 2.81. The molecule has 0 aromatic heterocycles. The summed E-state index contributed by atoms with van der Waals surface area (Å²) in [4.78, 5) is 42.0. The van der Waals surface area contributed by atoms with E-state index >= 15 is 0 Å². The predicted molar refractivity (Wildman–Crippen MR) is 72.7 cm³/mol. The maximum absolute atomic E-state index is 11.4. The fraction of sp³-hybridized carbons (Fsp3) is 0.667. The van der Waals surface area contributed by atoms with Crippen molar-refractivity contribution >= 4 is 39.8 Å². The minimum absolute atomic E-state index is 0.196. The van der Waals surface area contributed by atoms with Crippen LogP contribution in [0.2, 0.25) is 0 Å². The molecule has 1 aliphatic rings. The Morgan fingerprint density at radius 3 is 2.24 bits per heavy atom. The van der Waals surface area contributed by atoms with Gasteiger partial charge < -0.3 is 19.3 Å². The molecule has 1 saturated heterocycles. The van der Waals surface area contributed by atoms with Crippen LogP contribution >= 0.6 is 15.9 Å². The summed E-state index contributed by atoms with van der Waals surface area (Å²) >= 11 is 3.17. The smallest absolute Gasteiger partial charge is 0.348 e. The Kier molecular flexibility index (Phi) is 8.60. The molecule has 1 aliphatic heterocycles. The lowest BCUT2D eigenvalue weighted by Gasteiger charge is -2.19. The van der Waals surface area contributed by atoms with Gasteiger partial charge in [0.1, 0.15) is 12.2 Å². The van der Waals surface area contributed by atoms with E-state index in [0.717, 1.165) is 6.92 Å². The standard InChI is InChI=1S/C10H13BrO6.C2H4O2/c1-5(12)15-8-3-7(17-10(8)14)9(4-11)16-6(2)13;1-2(3)4/h7-9H,3-4H2,1-2H3;1H3,(H,3,4). The topological polar surface area (TPSA) is 116 Å². The maximum atomic E-state index is 11.4. The van der Waals surface area contributed by atoms with Gasteiger partial charge in [0.15, 0.2) is 0 Å². The van der Waals surface area contributed by atoms with Crippen molar-refractivity contribution in [1.29, 1.82) is 0 Å². The predicted octanol–water partition coefficient (Wildman–Crippen LogP) is 0.651. The van der Waals surface area contributed by atoms with Crippen molar-refractivity contribution in [3.8, 4) is 0 Å². The maximum Gasteiger partial charge on any atom is 0.348 e. The summed E-state index contributed by atoms with van der Waals surface area (Å²) in [5.74, 6) is -2.44. The summed E-state index contributed by atoms with van der Waals surface area (Å²) < 4.78 is 14.8. The number of carbonyl (C=O) groups excluding carboxylic acids is 3. The normalized spacial score (nSPS) is 21.4. The first-order chi connectivity index (χ1) is 9.67. The molecule has 3 unspecified atom stereocenters. The first-order valence-corrected chi connectivity index (χ1v) is 7.10. The summed E-state index contributed by atoms with van der Waals surface area (Å²) in [7, 11) is 0. The van der Waals surface area contributed by atoms with E-state index in [1.165, 1.54) is 13.8 Å². The Bertz CT molecular complexity index is 404. The molecule has 1 heterocycles. The van der Waals surface area contributed by atoms with Gasteiger partial charge in [0, 0.05) is 32.5 Å². The number of rotatable bonds is 4. The van der Waals surface area contributed by atoms with Crippen LogP contribution in [0.1, 0.15) is 27.2 Å². The Morgan fingerprint density at radius 2 is 1.86 bits per heavy atom. The molecule has 0 aliphatic carbocycles. The van der Waals surface area contributed by atoms with Gasteiger partial charge in [0.05, 0.1) is 0 Å². The van der Waals surface area contributed by atoms with Crippen LogP contribution in [0.25, 0.3) is 0 Å². The Labute approximate surface area is 129 Å². The average Bonchev–Trinajstić information content (AvgIpc) is 2.66. The summed E-state index contributed by atoms with van der Waals surface area (Å²) in [6.45, 7) is 3.57. The highest BCUT2D eigenvalue weighted by Crippen LogP contribution is 2.23. The highest BCUT2D eigenvalue weighted by molar-refractivity contribution is 9.09. The zero-order chi connectivity index (χ0) is 16.6. The Hall–Kier alpha value is -1.64. The first kappa shape index (κ1) is 19.4. The van der Waals surface area contributed by atoms with Gasteiger partial charge in [0.2, 0.25) is 6.10 Å². The zero-order valence-corrected chi connectivity index (χ0v) is 13.4. The second kappa shape index (κ2) is 9.32. The average molecular weight is 369 g/mol. The van der Waals surface area contributed by atoms with Gasteiger partial charge in [0.25, 0.3) is 5.97 Å². The highest BCUT2D eigenvalue weighted by Gasteiger charge is 2.41. The van der Waals surface area contributed by atoms with E-state index in [9.17, 15) is 14.4 Å². The lowest BCUT2D eigenvalue weighted by atomic mass is 10.1. The molecule has 0 aromatic carbocycles. The second-order valence-electron chi connectivity index (χ2n) is 4.13. The number of hydrogen-bond acceptors (Lipinski definition) is 7. The quantitative estimate of drug-likeness (QED) is 0.436. The van der Waals surface area contributed by atoms with E-state index in [4.69, 9.17) is 24.1 Å². The van der Waals surface area contributed by atoms with Crippen molar-refractivity contribution in [2.45, 2.75) is 45.5 Å². The molecule has 120 valence electrons. The molecule has 0 bridgehead atoms. The molecule has 0 spiro atoms. The van der Waals surface area contributed by atoms with Gasteiger partial charge in [-0.05, 0) is 0 Å². The number of halogens is 1. The van der Waals surface area contributed by atoms with Crippen molar-refractivity contribution in [2.24, 2.45) is 0 Å². The molecule has 3 atom stereocenters. The van der Waals surface area contributed by atoms with Crippen LogP contribution in [-0.4, -0.2) is 52.6 Å². The summed E-state index contributed by atoms with van der Waals surface area (Å²) in [6, 6.07) is 0. The molecule has 1 rings (SSSR count). The molecule has 0 saturated carbocycles. The third-order valence-electron chi connectivity index (χ3n) is 2.17. The van der Waals surface area contributed by atoms with E-state index in [0.29, 0.717) is 5.33 Å². The second-order valence-corrected chi connectivity index (χ2v) is 4.78. The van der Waals surface area contributed by atoms with E-state index in [1.54, 1.807) is 0 Å². The fourth-order valence-corrected chi connectivity index (χ4v) is 2.07. The molecule has 0 amide bonds. The molecular weight excluding hydrogens is 352 g/mol. The fourth-order valence-electron chi connectivity index (χ4n) is 1.52. The molecule has 1 fully saturated rings. The van der Waals surface area contributed by atoms with E-state index in [2.05, 4.69) is 15.9 Å². The van der Waals surface area contributed by atoms with Crippen LogP contribution < -0.4 is 0 Å². The van der Waals surface area contributed by atoms with Crippen molar-refractivity contribution in [2.75, 3.05) is 5.33 Å². The molecule has 1 N–H and O–H groups in total. The number of esters is 3. The number of hydrogen-bond donors (Lipinski definition) is 1. The molecular formula is C12H17BrO8. The van der Waals surface area contributed by atoms with E-state index < -0.39 is 42.2 Å². The number of ether oxygens (including phenoxy) is 3. The Morgan fingerprint density at radius 1 is 1.33 bits per heavy atom. The minimum atomic E-state index is -0.908. The first-order valence-electron chi connectivity index (χ1n) is 5.97. The van der Waals surface area contributed by atoms with Crippen molar-refractivity contribution in [1.82, 2.24) is 0 Å². The zero-order valence-electron chi connectivity index (χ0n) is 11.8. The summed E-state index contributed by atoms with van der Waals surface area (Å²) in [5.41, 5.74) is 0. The summed E-state index contributed by atoms with van der Waals surface area (Å²) in [6.07, 6.45) is -1.87. The lowest BCUT2D eigenvalue weighted by molar-refractivity contribution is -0.163.